The molecule has 0 unspecified atom stereocenters. The highest BCUT2D eigenvalue weighted by Crippen LogP contribution is 2.09. The molecule has 0 aliphatic heterocycles. The molecular formula is C7H14NO3S3-. The van der Waals surface area contributed by atoms with E-state index in [2.05, 4.69) is 0 Å². The van der Waals surface area contributed by atoms with Crippen LogP contribution < -0.4 is 0 Å². The van der Waals surface area contributed by atoms with Gasteiger partial charge in [0.25, 0.3) is 0 Å². The van der Waals surface area contributed by atoms with E-state index in [4.69, 9.17) is 12.2 Å². The molecule has 0 amide bonds. The first-order valence-electron chi connectivity index (χ1n) is 4.26. The summed E-state index contributed by atoms with van der Waals surface area (Å²) in [6, 6.07) is 0. The van der Waals surface area contributed by atoms with Crippen LogP contribution in [0.3, 0.4) is 0 Å². The van der Waals surface area contributed by atoms with Crippen molar-refractivity contribution in [3.8, 4) is 0 Å². The Morgan fingerprint density at radius 1 is 1.43 bits per heavy atom. The van der Waals surface area contributed by atoms with Gasteiger partial charge in [0.1, 0.15) is 4.32 Å². The molecule has 0 heterocycles. The predicted molar refractivity (Wildman–Crippen MR) is 62.5 cm³/mol. The Balaban J connectivity index is 3.85. The first kappa shape index (κ1) is 14.2. The number of hydrogen-bond donors (Lipinski definition) is 0. The molecule has 0 aromatic heterocycles. The van der Waals surface area contributed by atoms with Crippen LogP contribution in [0.15, 0.2) is 0 Å². The largest absolute Gasteiger partial charge is 0.748 e. The van der Waals surface area contributed by atoms with Crippen LogP contribution in [-0.4, -0.2) is 46.8 Å². The summed E-state index contributed by atoms with van der Waals surface area (Å²) in [4.78, 5) is 1.94. The van der Waals surface area contributed by atoms with Gasteiger partial charge in [0, 0.05) is 24.6 Å². The fraction of sp³-hybridized carbons (Fsp3) is 0.857. The summed E-state index contributed by atoms with van der Waals surface area (Å²) < 4.78 is 31.5. The van der Waals surface area contributed by atoms with E-state index in [1.54, 1.807) is 0 Å². The summed E-state index contributed by atoms with van der Waals surface area (Å²) in [5.74, 6) is -0.125. The van der Waals surface area contributed by atoms with E-state index in [9.17, 15) is 13.0 Å². The standard InChI is InChI=1S/C7H15NO3S3/c1-3-8(4-2)7(12)13-5-6-14(9,10)11/h3-6H2,1-2H3,(H,9,10,11)/p-1. The lowest BCUT2D eigenvalue weighted by atomic mass is 10.6. The maximum absolute atomic E-state index is 10.3. The van der Waals surface area contributed by atoms with Crippen molar-refractivity contribution in [3.63, 3.8) is 0 Å². The molecule has 0 saturated carbocycles. The highest BCUT2D eigenvalue weighted by atomic mass is 32.2. The monoisotopic (exact) mass is 256 g/mol. The lowest BCUT2D eigenvalue weighted by Crippen LogP contribution is -2.27. The maximum Gasteiger partial charge on any atom is 0.136 e. The summed E-state index contributed by atoms with van der Waals surface area (Å²) in [6.07, 6.45) is 0. The topological polar surface area (TPSA) is 60.4 Å². The van der Waals surface area contributed by atoms with Crippen LogP contribution in [0.5, 0.6) is 0 Å². The predicted octanol–water partition coefficient (Wildman–Crippen LogP) is 0.892. The summed E-state index contributed by atoms with van der Waals surface area (Å²) in [6.45, 7) is 5.54. The zero-order chi connectivity index (χ0) is 11.2. The molecular weight excluding hydrogens is 242 g/mol. The van der Waals surface area contributed by atoms with Gasteiger partial charge in [0.05, 0.1) is 10.1 Å². The normalized spacial score (nSPS) is 11.4. The second-order valence-corrected chi connectivity index (χ2v) is 5.80. The van der Waals surface area contributed by atoms with Crippen LogP contribution in [0.4, 0.5) is 0 Å². The maximum atomic E-state index is 10.3. The molecule has 84 valence electrons. The highest BCUT2D eigenvalue weighted by molar-refractivity contribution is 8.23. The minimum Gasteiger partial charge on any atom is -0.748 e. The minimum absolute atomic E-state index is 0.237. The van der Waals surface area contributed by atoms with Crippen LogP contribution in [0.1, 0.15) is 13.8 Å². The van der Waals surface area contributed by atoms with Gasteiger partial charge in [-0.1, -0.05) is 24.0 Å². The van der Waals surface area contributed by atoms with Crippen molar-refractivity contribution in [1.29, 1.82) is 0 Å². The van der Waals surface area contributed by atoms with Gasteiger partial charge in [-0.2, -0.15) is 0 Å². The van der Waals surface area contributed by atoms with E-state index in [0.717, 1.165) is 13.1 Å². The van der Waals surface area contributed by atoms with Gasteiger partial charge >= 0.3 is 0 Å². The third-order valence-corrected chi connectivity index (χ3v) is 4.07. The molecule has 0 aliphatic rings. The molecule has 0 radical (unpaired) electrons. The Morgan fingerprint density at radius 2 is 1.93 bits per heavy atom. The zero-order valence-corrected chi connectivity index (χ0v) is 10.7. The van der Waals surface area contributed by atoms with E-state index in [1.807, 2.05) is 18.7 Å². The zero-order valence-electron chi connectivity index (χ0n) is 8.23. The van der Waals surface area contributed by atoms with E-state index < -0.39 is 10.1 Å². The van der Waals surface area contributed by atoms with Gasteiger partial charge in [-0.05, 0) is 13.8 Å². The Morgan fingerprint density at radius 3 is 2.29 bits per heavy atom. The molecule has 7 heteroatoms. The number of hydrogen-bond acceptors (Lipinski definition) is 5. The first-order valence-corrected chi connectivity index (χ1v) is 7.23. The number of rotatable bonds is 5. The molecule has 4 nitrogen and oxygen atoms in total. The van der Waals surface area contributed by atoms with E-state index >= 15 is 0 Å². The van der Waals surface area contributed by atoms with Crippen molar-refractivity contribution < 1.29 is 13.0 Å². The Bertz CT molecular complexity index is 272. The van der Waals surface area contributed by atoms with Crippen LogP contribution in [-0.2, 0) is 10.1 Å². The van der Waals surface area contributed by atoms with Gasteiger partial charge in [-0.25, -0.2) is 8.42 Å². The molecule has 0 spiro atoms. The van der Waals surface area contributed by atoms with Gasteiger partial charge in [0.15, 0.2) is 0 Å². The average molecular weight is 256 g/mol. The number of nitrogens with zero attached hydrogens (tertiary/aromatic N) is 1. The summed E-state index contributed by atoms with van der Waals surface area (Å²) in [5, 5.41) is 0. The molecule has 0 aromatic carbocycles. The molecule has 0 atom stereocenters. The van der Waals surface area contributed by atoms with Gasteiger partial charge in [-0.15, -0.1) is 0 Å². The first-order chi connectivity index (χ1) is 6.40. The van der Waals surface area contributed by atoms with E-state index in [-0.39, 0.29) is 11.5 Å². The number of thiocarbonyl (C=S) groups is 1. The molecule has 0 aliphatic carbocycles. The molecule has 0 N–H and O–H groups in total. The fourth-order valence-electron chi connectivity index (χ4n) is 0.804. The smallest absolute Gasteiger partial charge is 0.136 e. The summed E-state index contributed by atoms with van der Waals surface area (Å²) in [5.41, 5.74) is 0. The van der Waals surface area contributed by atoms with Crippen LogP contribution in [0.2, 0.25) is 0 Å². The van der Waals surface area contributed by atoms with E-state index in [1.165, 1.54) is 11.8 Å². The van der Waals surface area contributed by atoms with Gasteiger partial charge < -0.3 is 9.45 Å². The third-order valence-electron chi connectivity index (χ3n) is 1.58. The quantitative estimate of drug-likeness (QED) is 0.538. The summed E-state index contributed by atoms with van der Waals surface area (Å²) in [7, 11) is -4.11. The molecule has 0 aromatic rings. The fourth-order valence-corrected chi connectivity index (χ4v) is 3.08. The van der Waals surface area contributed by atoms with Gasteiger partial charge in [0.2, 0.25) is 0 Å². The lowest BCUT2D eigenvalue weighted by molar-refractivity contribution is 0.465. The highest BCUT2D eigenvalue weighted by Gasteiger charge is 2.06. The van der Waals surface area contributed by atoms with Crippen molar-refractivity contribution >= 4 is 38.4 Å². The van der Waals surface area contributed by atoms with Crippen molar-refractivity contribution in [2.45, 2.75) is 13.8 Å². The average Bonchev–Trinajstić information content (AvgIpc) is 2.04. The molecule has 0 bridgehead atoms. The molecule has 0 fully saturated rings. The van der Waals surface area contributed by atoms with Crippen molar-refractivity contribution in [1.82, 2.24) is 4.90 Å². The van der Waals surface area contributed by atoms with Crippen LogP contribution in [0.25, 0.3) is 0 Å². The Labute approximate surface area is 94.8 Å². The van der Waals surface area contributed by atoms with Crippen molar-refractivity contribution in [2.75, 3.05) is 24.6 Å². The Hall–Kier alpha value is 0.150. The van der Waals surface area contributed by atoms with Crippen LogP contribution in [0, 0.1) is 0 Å². The van der Waals surface area contributed by atoms with Crippen molar-refractivity contribution in [3.05, 3.63) is 0 Å². The van der Waals surface area contributed by atoms with Crippen molar-refractivity contribution in [2.24, 2.45) is 0 Å². The van der Waals surface area contributed by atoms with E-state index in [0.29, 0.717) is 4.32 Å². The summed E-state index contributed by atoms with van der Waals surface area (Å²) >= 11 is 6.29. The molecule has 0 rings (SSSR count). The molecule has 14 heavy (non-hydrogen) atoms. The second-order valence-electron chi connectivity index (χ2n) is 2.55. The Kier molecular flexibility index (Phi) is 6.67. The third kappa shape index (κ3) is 6.58. The van der Waals surface area contributed by atoms with Crippen LogP contribution >= 0.6 is 24.0 Å². The second kappa shape index (κ2) is 6.60. The molecule has 0 saturated heterocycles. The number of thioether (sulfide) groups is 1. The van der Waals surface area contributed by atoms with Gasteiger partial charge in [-0.3, -0.25) is 0 Å². The minimum atomic E-state index is -4.11. The SMILES string of the molecule is CCN(CC)C(=S)SCCS(=O)(=O)[O-]. The lowest BCUT2D eigenvalue weighted by Gasteiger charge is -2.20.